The van der Waals surface area contributed by atoms with Gasteiger partial charge in [-0.15, -0.1) is 0 Å². The topological polar surface area (TPSA) is 148 Å². The summed E-state index contributed by atoms with van der Waals surface area (Å²) in [6.45, 7) is 0. The van der Waals surface area contributed by atoms with Crippen molar-refractivity contribution >= 4 is 17.1 Å². The maximum atomic E-state index is 11.1. The van der Waals surface area contributed by atoms with E-state index in [0.29, 0.717) is 0 Å². The Morgan fingerprint density at radius 2 is 1.35 bits per heavy atom. The van der Waals surface area contributed by atoms with Crippen molar-refractivity contribution in [3.8, 4) is 23.0 Å². The zero-order valence-electron chi connectivity index (χ0n) is 11.0. The Morgan fingerprint density at radius 1 is 0.696 bits per heavy atom. The molecule has 0 amide bonds. The normalized spacial score (nSPS) is 11.5. The summed E-state index contributed by atoms with van der Waals surface area (Å²) in [6.07, 6.45) is 0. The van der Waals surface area contributed by atoms with Crippen LogP contribution in [-0.2, 0) is 0 Å². The molecule has 23 heavy (non-hydrogen) atoms. The molecule has 1 aliphatic rings. The Morgan fingerprint density at radius 3 is 1.96 bits per heavy atom. The lowest BCUT2D eigenvalue weighted by Crippen LogP contribution is -2.04. The number of nitro groups is 3. The molecule has 0 saturated heterocycles. The first-order chi connectivity index (χ1) is 10.9. The summed E-state index contributed by atoms with van der Waals surface area (Å²) in [5.41, 5.74) is -1.48. The van der Waals surface area contributed by atoms with Crippen molar-refractivity contribution in [1.82, 2.24) is 0 Å². The van der Waals surface area contributed by atoms with Crippen molar-refractivity contribution in [2.24, 2.45) is 0 Å². The molecular formula is C12H5N3O8. The highest BCUT2D eigenvalue weighted by molar-refractivity contribution is 5.67. The molecule has 2 aromatic carbocycles. The van der Waals surface area contributed by atoms with E-state index in [1.54, 1.807) is 0 Å². The maximum absolute atomic E-state index is 11.1. The molecule has 0 saturated carbocycles. The average Bonchev–Trinajstić information content (AvgIpc) is 2.50. The molecule has 0 atom stereocenters. The van der Waals surface area contributed by atoms with Crippen molar-refractivity contribution in [3.63, 3.8) is 0 Å². The van der Waals surface area contributed by atoms with Crippen LogP contribution in [0.5, 0.6) is 23.0 Å². The van der Waals surface area contributed by atoms with E-state index in [1.165, 1.54) is 6.07 Å². The average molecular weight is 319 g/mol. The molecule has 0 aromatic heterocycles. The predicted molar refractivity (Wildman–Crippen MR) is 73.0 cm³/mol. The van der Waals surface area contributed by atoms with E-state index in [9.17, 15) is 30.3 Å². The summed E-state index contributed by atoms with van der Waals surface area (Å²) in [4.78, 5) is 30.3. The minimum absolute atomic E-state index is 0.0278. The fourth-order valence-electron chi connectivity index (χ4n) is 2.00. The van der Waals surface area contributed by atoms with Gasteiger partial charge in [-0.25, -0.2) is 0 Å². The Labute approximate surface area is 126 Å². The number of ether oxygens (including phenoxy) is 2. The first-order valence-corrected chi connectivity index (χ1v) is 5.98. The molecule has 0 unspecified atom stereocenters. The third-order valence-corrected chi connectivity index (χ3v) is 3.00. The van der Waals surface area contributed by atoms with E-state index < -0.39 is 26.1 Å². The van der Waals surface area contributed by atoms with Gasteiger partial charge in [-0.1, -0.05) is 0 Å². The minimum Gasteiger partial charge on any atom is -0.449 e. The van der Waals surface area contributed by atoms with E-state index in [2.05, 4.69) is 0 Å². The fraction of sp³-hybridized carbons (Fsp3) is 0. The second-order valence-corrected chi connectivity index (χ2v) is 4.40. The smallest absolute Gasteiger partial charge is 0.322 e. The van der Waals surface area contributed by atoms with Crippen LogP contribution in [0.25, 0.3) is 0 Å². The van der Waals surface area contributed by atoms with Crippen molar-refractivity contribution in [2.75, 3.05) is 0 Å². The van der Waals surface area contributed by atoms with Crippen LogP contribution in [0.4, 0.5) is 17.1 Å². The van der Waals surface area contributed by atoms with Crippen molar-refractivity contribution in [1.29, 1.82) is 0 Å². The summed E-state index contributed by atoms with van der Waals surface area (Å²) < 4.78 is 10.6. The van der Waals surface area contributed by atoms with Crippen LogP contribution < -0.4 is 9.47 Å². The molecule has 0 N–H and O–H groups in total. The largest absolute Gasteiger partial charge is 0.449 e. The molecule has 0 spiro atoms. The van der Waals surface area contributed by atoms with E-state index in [-0.39, 0.29) is 28.7 Å². The Hall–Kier alpha value is -3.76. The number of nitro benzene ring substituents is 3. The standard InChI is InChI=1S/C12H5N3O8/c16-13(17)6-1-2-9-10(4-6)22-11-5-7(14(18)19)3-8(15(20)21)12(11)23-9/h1-5H. The third-order valence-electron chi connectivity index (χ3n) is 3.00. The molecule has 1 aliphatic heterocycles. The van der Waals surface area contributed by atoms with E-state index in [1.807, 2.05) is 0 Å². The van der Waals surface area contributed by atoms with Gasteiger partial charge in [0.15, 0.2) is 17.2 Å². The van der Waals surface area contributed by atoms with Crippen molar-refractivity contribution in [2.45, 2.75) is 0 Å². The van der Waals surface area contributed by atoms with Gasteiger partial charge in [-0.3, -0.25) is 30.3 Å². The second-order valence-electron chi connectivity index (χ2n) is 4.40. The van der Waals surface area contributed by atoms with Crippen molar-refractivity contribution in [3.05, 3.63) is 60.7 Å². The zero-order chi connectivity index (χ0) is 16.7. The molecule has 2 aromatic rings. The summed E-state index contributed by atoms with van der Waals surface area (Å²) in [5, 5.41) is 32.7. The molecule has 0 aliphatic carbocycles. The first kappa shape index (κ1) is 14.2. The molecule has 3 rings (SSSR count). The number of hydrogen-bond donors (Lipinski definition) is 0. The monoisotopic (exact) mass is 319 g/mol. The highest BCUT2D eigenvalue weighted by atomic mass is 16.6. The maximum Gasteiger partial charge on any atom is 0.322 e. The summed E-state index contributed by atoms with van der Waals surface area (Å²) in [7, 11) is 0. The number of non-ortho nitro benzene ring substituents is 2. The summed E-state index contributed by atoms with van der Waals surface area (Å²) in [5.74, 6) is -0.609. The number of hydrogen-bond acceptors (Lipinski definition) is 8. The van der Waals surface area contributed by atoms with E-state index in [0.717, 1.165) is 24.3 Å². The highest BCUT2D eigenvalue weighted by Gasteiger charge is 2.32. The quantitative estimate of drug-likeness (QED) is 0.527. The van der Waals surface area contributed by atoms with E-state index in [4.69, 9.17) is 9.47 Å². The molecule has 116 valence electrons. The SMILES string of the molecule is O=[N+]([O-])c1ccc2c(c1)Oc1cc([N+](=O)[O-])cc([N+](=O)[O-])c1O2. The highest BCUT2D eigenvalue weighted by Crippen LogP contribution is 2.51. The van der Waals surface area contributed by atoms with Gasteiger partial charge >= 0.3 is 5.69 Å². The number of benzene rings is 2. The van der Waals surface area contributed by atoms with Gasteiger partial charge < -0.3 is 9.47 Å². The van der Waals surface area contributed by atoms with Gasteiger partial charge in [-0.2, -0.15) is 0 Å². The second kappa shape index (κ2) is 4.91. The fourth-order valence-corrected chi connectivity index (χ4v) is 2.00. The molecule has 0 bridgehead atoms. The zero-order valence-corrected chi connectivity index (χ0v) is 11.0. The predicted octanol–water partition coefficient (Wildman–Crippen LogP) is 3.31. The van der Waals surface area contributed by atoms with Crippen LogP contribution in [0.15, 0.2) is 30.3 Å². The Balaban J connectivity index is 2.14. The lowest BCUT2D eigenvalue weighted by atomic mass is 10.2. The molecular weight excluding hydrogens is 314 g/mol. The lowest BCUT2D eigenvalue weighted by molar-refractivity contribution is -0.394. The van der Waals surface area contributed by atoms with Crippen LogP contribution in [0.1, 0.15) is 0 Å². The molecule has 11 heteroatoms. The summed E-state index contributed by atoms with van der Waals surface area (Å²) in [6, 6.07) is 5.12. The van der Waals surface area contributed by atoms with Crippen LogP contribution in [-0.4, -0.2) is 14.8 Å². The molecule has 1 heterocycles. The van der Waals surface area contributed by atoms with Crippen LogP contribution >= 0.6 is 0 Å². The van der Waals surface area contributed by atoms with Gasteiger partial charge in [0.05, 0.1) is 33.0 Å². The van der Waals surface area contributed by atoms with Crippen LogP contribution in [0, 0.1) is 30.3 Å². The molecule has 11 nitrogen and oxygen atoms in total. The lowest BCUT2D eigenvalue weighted by Gasteiger charge is -2.19. The Kier molecular flexibility index (Phi) is 3.03. The number of fused-ring (bicyclic) bond motifs is 2. The van der Waals surface area contributed by atoms with Crippen LogP contribution in [0.3, 0.4) is 0 Å². The van der Waals surface area contributed by atoms with Crippen molar-refractivity contribution < 1.29 is 24.2 Å². The first-order valence-electron chi connectivity index (χ1n) is 5.98. The molecule has 0 fully saturated rings. The van der Waals surface area contributed by atoms with Gasteiger partial charge in [0, 0.05) is 6.07 Å². The summed E-state index contributed by atoms with van der Waals surface area (Å²) >= 11 is 0. The van der Waals surface area contributed by atoms with Crippen LogP contribution in [0.2, 0.25) is 0 Å². The van der Waals surface area contributed by atoms with Gasteiger partial charge in [0.2, 0.25) is 5.75 Å². The Bertz CT molecular complexity index is 879. The minimum atomic E-state index is -0.842. The third kappa shape index (κ3) is 2.35. The molecule has 0 radical (unpaired) electrons. The number of rotatable bonds is 3. The number of nitrogens with zero attached hydrogens (tertiary/aromatic N) is 3. The van der Waals surface area contributed by atoms with Gasteiger partial charge in [0.1, 0.15) is 0 Å². The van der Waals surface area contributed by atoms with E-state index >= 15 is 0 Å². The van der Waals surface area contributed by atoms with Gasteiger partial charge in [0.25, 0.3) is 11.4 Å². The van der Waals surface area contributed by atoms with Gasteiger partial charge in [-0.05, 0) is 6.07 Å².